The van der Waals surface area contributed by atoms with E-state index in [1.165, 1.54) is 0 Å². The standard InChI is InChI=1S/C17H25BN2O3/c1-16(2)17(3,4)23-18(22-16)14(11-20-5)10-12-6-8-13(9-7-12)15(19)21/h6-10,20H,11H2,1-5H3,(H2,19,21). The topological polar surface area (TPSA) is 73.6 Å². The van der Waals surface area contributed by atoms with E-state index in [4.69, 9.17) is 15.0 Å². The number of hydrogen-bond donors (Lipinski definition) is 2. The van der Waals surface area contributed by atoms with Crippen molar-refractivity contribution in [1.82, 2.24) is 5.32 Å². The van der Waals surface area contributed by atoms with Gasteiger partial charge in [0.15, 0.2) is 0 Å². The maximum Gasteiger partial charge on any atom is 0.491 e. The summed E-state index contributed by atoms with van der Waals surface area (Å²) in [6, 6.07) is 7.16. The molecule has 1 amide bonds. The Morgan fingerprint density at radius 2 is 1.70 bits per heavy atom. The van der Waals surface area contributed by atoms with Crippen LogP contribution >= 0.6 is 0 Å². The van der Waals surface area contributed by atoms with Gasteiger partial charge in [0.2, 0.25) is 5.91 Å². The normalized spacial score (nSPS) is 19.9. The maximum atomic E-state index is 11.1. The van der Waals surface area contributed by atoms with Gasteiger partial charge in [-0.3, -0.25) is 4.79 Å². The number of carbonyl (C=O) groups is 1. The van der Waals surface area contributed by atoms with Gasteiger partial charge in [0, 0.05) is 12.1 Å². The molecule has 1 saturated heterocycles. The van der Waals surface area contributed by atoms with Gasteiger partial charge in [-0.15, -0.1) is 0 Å². The van der Waals surface area contributed by atoms with Gasteiger partial charge in [0.25, 0.3) is 0 Å². The van der Waals surface area contributed by atoms with E-state index in [-0.39, 0.29) is 11.2 Å². The summed E-state index contributed by atoms with van der Waals surface area (Å²) in [6.45, 7) is 8.78. The first kappa shape index (κ1) is 17.7. The zero-order chi connectivity index (χ0) is 17.3. The molecule has 6 heteroatoms. The number of primary amides is 1. The molecule has 0 aliphatic carbocycles. The third kappa shape index (κ3) is 3.83. The van der Waals surface area contributed by atoms with Gasteiger partial charge >= 0.3 is 7.12 Å². The van der Waals surface area contributed by atoms with Gasteiger partial charge in [-0.1, -0.05) is 18.2 Å². The lowest BCUT2D eigenvalue weighted by Crippen LogP contribution is -2.41. The van der Waals surface area contributed by atoms with Crippen molar-refractivity contribution in [2.75, 3.05) is 13.6 Å². The molecule has 3 N–H and O–H groups in total. The largest absolute Gasteiger partial charge is 0.491 e. The smallest absolute Gasteiger partial charge is 0.400 e. The van der Waals surface area contributed by atoms with Crippen molar-refractivity contribution in [1.29, 1.82) is 0 Å². The zero-order valence-corrected chi connectivity index (χ0v) is 14.5. The highest BCUT2D eigenvalue weighted by Gasteiger charge is 2.52. The van der Waals surface area contributed by atoms with Crippen molar-refractivity contribution in [2.24, 2.45) is 5.73 Å². The first-order chi connectivity index (χ1) is 10.7. The fourth-order valence-corrected chi connectivity index (χ4v) is 2.36. The molecular formula is C17H25BN2O3. The molecule has 0 aromatic heterocycles. The SMILES string of the molecule is CNCC(=Cc1ccc(C(N)=O)cc1)B1OC(C)(C)C(C)(C)O1. The van der Waals surface area contributed by atoms with Crippen molar-refractivity contribution >= 4 is 19.1 Å². The summed E-state index contributed by atoms with van der Waals surface area (Å²) >= 11 is 0. The van der Waals surface area contributed by atoms with Crippen LogP contribution in [-0.4, -0.2) is 37.8 Å². The highest BCUT2D eigenvalue weighted by atomic mass is 16.7. The Balaban J connectivity index is 2.26. The lowest BCUT2D eigenvalue weighted by Gasteiger charge is -2.32. The Morgan fingerprint density at radius 3 is 2.13 bits per heavy atom. The van der Waals surface area contributed by atoms with Gasteiger partial charge in [-0.25, -0.2) is 0 Å². The molecule has 0 saturated carbocycles. The van der Waals surface area contributed by atoms with Crippen LogP contribution in [0.4, 0.5) is 0 Å². The molecule has 5 nitrogen and oxygen atoms in total. The highest BCUT2D eigenvalue weighted by molar-refractivity contribution is 6.55. The van der Waals surface area contributed by atoms with E-state index in [1.54, 1.807) is 12.1 Å². The number of rotatable bonds is 5. The van der Waals surface area contributed by atoms with Crippen LogP contribution in [0.3, 0.4) is 0 Å². The molecule has 124 valence electrons. The van der Waals surface area contributed by atoms with E-state index >= 15 is 0 Å². The van der Waals surface area contributed by atoms with Crippen molar-refractivity contribution in [2.45, 2.75) is 38.9 Å². The Morgan fingerprint density at radius 1 is 1.17 bits per heavy atom. The second-order valence-electron chi connectivity index (χ2n) is 6.82. The first-order valence-electron chi connectivity index (χ1n) is 7.77. The maximum absolute atomic E-state index is 11.1. The van der Waals surface area contributed by atoms with Crippen LogP contribution in [0.1, 0.15) is 43.6 Å². The van der Waals surface area contributed by atoms with Gasteiger partial charge < -0.3 is 20.4 Å². The molecule has 1 aliphatic heterocycles. The van der Waals surface area contributed by atoms with Crippen LogP contribution < -0.4 is 11.1 Å². The molecule has 0 atom stereocenters. The van der Waals surface area contributed by atoms with Gasteiger partial charge in [-0.2, -0.15) is 0 Å². The Labute approximate surface area is 138 Å². The van der Waals surface area contributed by atoms with E-state index in [0.29, 0.717) is 12.1 Å². The van der Waals surface area contributed by atoms with Crippen LogP contribution in [-0.2, 0) is 9.31 Å². The summed E-state index contributed by atoms with van der Waals surface area (Å²) in [7, 11) is 1.48. The summed E-state index contributed by atoms with van der Waals surface area (Å²) in [5.74, 6) is -0.429. The molecule has 1 heterocycles. The lowest BCUT2D eigenvalue weighted by atomic mass is 9.77. The van der Waals surface area contributed by atoms with E-state index in [2.05, 4.69) is 5.32 Å². The number of likely N-dealkylation sites (N-methyl/N-ethyl adjacent to an activating group) is 1. The summed E-state index contributed by atoms with van der Waals surface area (Å²) in [4.78, 5) is 11.1. The van der Waals surface area contributed by atoms with Crippen LogP contribution in [0.2, 0.25) is 0 Å². The molecular weight excluding hydrogens is 291 g/mol. The minimum absolute atomic E-state index is 0.375. The van der Waals surface area contributed by atoms with Crippen molar-refractivity contribution in [3.63, 3.8) is 0 Å². The third-order valence-electron chi connectivity index (χ3n) is 4.48. The fraction of sp³-hybridized carbons (Fsp3) is 0.471. The summed E-state index contributed by atoms with van der Waals surface area (Å²) in [5.41, 5.74) is 6.98. The van der Waals surface area contributed by atoms with Crippen molar-refractivity contribution in [3.8, 4) is 0 Å². The minimum Gasteiger partial charge on any atom is -0.400 e. The number of hydrogen-bond acceptors (Lipinski definition) is 4. The Hall–Kier alpha value is -1.63. The summed E-state index contributed by atoms with van der Waals surface area (Å²) < 4.78 is 12.2. The van der Waals surface area contributed by atoms with Gasteiger partial charge in [-0.05, 0) is 57.9 Å². The molecule has 0 radical (unpaired) electrons. The highest BCUT2D eigenvalue weighted by Crippen LogP contribution is 2.38. The van der Waals surface area contributed by atoms with Crippen LogP contribution in [0, 0.1) is 0 Å². The number of carbonyl (C=O) groups excluding carboxylic acids is 1. The Kier molecular flexibility index (Phi) is 4.99. The van der Waals surface area contributed by atoms with Crippen LogP contribution in [0.25, 0.3) is 6.08 Å². The van der Waals surface area contributed by atoms with E-state index in [9.17, 15) is 4.79 Å². The molecule has 0 unspecified atom stereocenters. The molecule has 0 bridgehead atoms. The van der Waals surface area contributed by atoms with Crippen molar-refractivity contribution < 1.29 is 14.1 Å². The summed E-state index contributed by atoms with van der Waals surface area (Å²) in [6.07, 6.45) is 2.02. The zero-order valence-electron chi connectivity index (χ0n) is 14.5. The first-order valence-corrected chi connectivity index (χ1v) is 7.77. The fourth-order valence-electron chi connectivity index (χ4n) is 2.36. The predicted octanol–water partition coefficient (Wildman–Crippen LogP) is 2.02. The minimum atomic E-state index is -0.429. The molecule has 1 fully saturated rings. The number of amides is 1. The number of nitrogens with two attached hydrogens (primary N) is 1. The molecule has 1 aromatic carbocycles. The number of benzene rings is 1. The van der Waals surface area contributed by atoms with Gasteiger partial charge in [0.1, 0.15) is 0 Å². The molecule has 0 spiro atoms. The quantitative estimate of drug-likeness (QED) is 0.815. The average molecular weight is 316 g/mol. The van der Waals surface area contributed by atoms with Crippen LogP contribution in [0.15, 0.2) is 29.7 Å². The Bertz CT molecular complexity index is 593. The second kappa shape index (κ2) is 6.47. The van der Waals surface area contributed by atoms with E-state index < -0.39 is 13.0 Å². The van der Waals surface area contributed by atoms with Gasteiger partial charge in [0.05, 0.1) is 11.2 Å². The number of nitrogens with one attached hydrogen (secondary N) is 1. The monoisotopic (exact) mass is 316 g/mol. The second-order valence-corrected chi connectivity index (χ2v) is 6.82. The summed E-state index contributed by atoms with van der Waals surface area (Å²) in [5, 5.41) is 3.15. The average Bonchev–Trinajstić information content (AvgIpc) is 2.67. The van der Waals surface area contributed by atoms with Crippen LogP contribution in [0.5, 0.6) is 0 Å². The lowest BCUT2D eigenvalue weighted by molar-refractivity contribution is 0.00578. The molecule has 1 aromatic rings. The molecule has 2 rings (SSSR count). The third-order valence-corrected chi connectivity index (χ3v) is 4.48. The van der Waals surface area contributed by atoms with E-state index in [1.807, 2.05) is 53.0 Å². The van der Waals surface area contributed by atoms with E-state index in [0.717, 1.165) is 11.0 Å². The van der Waals surface area contributed by atoms with Crippen molar-refractivity contribution in [3.05, 3.63) is 40.9 Å². The molecule has 23 heavy (non-hydrogen) atoms. The predicted molar refractivity (Wildman–Crippen MR) is 92.9 cm³/mol. The molecule has 1 aliphatic rings.